The summed E-state index contributed by atoms with van der Waals surface area (Å²) in [6, 6.07) is 22.8. The highest BCUT2D eigenvalue weighted by atomic mass is 35.5. The smallest absolute Gasteiger partial charge is 0.407 e. The van der Waals surface area contributed by atoms with Crippen LogP contribution in [0.25, 0.3) is 0 Å². The number of carbonyl (C=O) groups excluding carboxylic acids is 3. The van der Waals surface area contributed by atoms with Gasteiger partial charge >= 0.3 is 6.09 Å². The number of para-hydroxylation sites is 2. The van der Waals surface area contributed by atoms with Gasteiger partial charge in [-0.2, -0.15) is 0 Å². The van der Waals surface area contributed by atoms with Gasteiger partial charge in [0.15, 0.2) is 23.3 Å². The van der Waals surface area contributed by atoms with E-state index in [9.17, 15) is 31.9 Å². The first kappa shape index (κ1) is 49.6. The first-order valence-electron chi connectivity index (χ1n) is 19.1. The van der Waals surface area contributed by atoms with Crippen molar-refractivity contribution in [2.45, 2.75) is 45.6 Å². The number of aliphatic hydroxyl groups is 1. The zero-order valence-electron chi connectivity index (χ0n) is 33.2. The van der Waals surface area contributed by atoms with Crippen molar-refractivity contribution in [3.63, 3.8) is 0 Å². The number of nitrogens with zero attached hydrogens (tertiary/aromatic N) is 2. The van der Waals surface area contributed by atoms with E-state index in [1.165, 1.54) is 12.1 Å². The maximum absolute atomic E-state index is 13.4. The molecule has 0 saturated carbocycles. The van der Waals surface area contributed by atoms with Gasteiger partial charge in [0.05, 0.1) is 37.0 Å². The molecule has 0 bridgehead atoms. The number of fused-ring (bicyclic) bond motifs is 2. The standard InChI is InChI=1S/C23H19F2N3O4.C16H14F2N2O2.C6H7NO.CH4.ClH/c24-18-5-4-15(12-19(18)25)27-22(29)17-3-1-2-16-20(8-11-31-21(16)17)28-23(30)32-13-14-6-9-26-10-7-14;17-12-5-4-9(8-13(12)18)20-16(21)11-3-1-2-10-14(19)6-7-22-15(10)11;8-5-6-1-3-7-4-2-6;;/h1-7,9-10,12,20H,8,11,13H2,(H,27,29)(H,28,30);1-5,8,14H,6-7,19H2,(H,20,21);1-4,8H,5H2;1H4;1H. The number of hydrogen-bond donors (Lipinski definition) is 5. The number of anilines is 2. The fraction of sp³-hybridized carbons (Fsp3) is 0.196. The SMILES string of the molecule is C.Cl.NC1CCOc2c(C(=O)Nc3ccc(F)c(F)c3)cccc21.O=C(NC1CCOc2c(C(=O)Nc3ccc(F)c(F)c3)cccc21)OCc1ccncc1.OCc1ccncc1. The van der Waals surface area contributed by atoms with E-state index in [0.717, 1.165) is 41.0 Å². The molecule has 3 amide bonds. The molecule has 2 atom stereocenters. The van der Waals surface area contributed by atoms with E-state index in [1.807, 2.05) is 6.07 Å². The Morgan fingerprint density at radius 2 is 1.16 bits per heavy atom. The topological polar surface area (TPSA) is 187 Å². The Labute approximate surface area is 372 Å². The number of rotatable bonds is 8. The first-order chi connectivity index (χ1) is 30.0. The van der Waals surface area contributed by atoms with Crippen LogP contribution in [0.1, 0.15) is 75.3 Å². The Kier molecular flexibility index (Phi) is 18.6. The number of aromatic nitrogens is 2. The van der Waals surface area contributed by atoms with Crippen LogP contribution < -0.4 is 31.2 Å². The second kappa shape index (κ2) is 23.9. The summed E-state index contributed by atoms with van der Waals surface area (Å²) >= 11 is 0. The van der Waals surface area contributed by atoms with Crippen molar-refractivity contribution in [1.29, 1.82) is 0 Å². The third kappa shape index (κ3) is 13.2. The van der Waals surface area contributed by atoms with Crippen LogP contribution in [-0.2, 0) is 18.0 Å². The van der Waals surface area contributed by atoms with Crippen LogP contribution in [0.4, 0.5) is 33.7 Å². The first-order valence-corrected chi connectivity index (χ1v) is 19.1. The van der Waals surface area contributed by atoms with Crippen molar-refractivity contribution in [3.8, 4) is 11.5 Å². The summed E-state index contributed by atoms with van der Waals surface area (Å²) in [7, 11) is 0. The van der Waals surface area contributed by atoms with Crippen LogP contribution in [0.5, 0.6) is 11.5 Å². The van der Waals surface area contributed by atoms with E-state index in [4.69, 9.17) is 25.1 Å². The number of halogens is 5. The second-order valence-corrected chi connectivity index (χ2v) is 13.6. The molecule has 336 valence electrons. The van der Waals surface area contributed by atoms with Crippen molar-refractivity contribution in [3.05, 3.63) is 178 Å². The number of amides is 3. The highest BCUT2D eigenvalue weighted by Crippen LogP contribution is 2.36. The molecule has 2 aliphatic heterocycles. The Hall–Kier alpha value is -7.08. The lowest BCUT2D eigenvalue weighted by atomic mass is 9.97. The average molecular weight is 905 g/mol. The van der Waals surface area contributed by atoms with Crippen molar-refractivity contribution >= 4 is 41.7 Å². The summed E-state index contributed by atoms with van der Waals surface area (Å²) < 4.78 is 69.2. The molecule has 2 aromatic heterocycles. The molecule has 8 rings (SSSR count). The van der Waals surface area contributed by atoms with Gasteiger partial charge in [0.1, 0.15) is 18.1 Å². The van der Waals surface area contributed by atoms with Gasteiger partial charge < -0.3 is 41.0 Å². The summed E-state index contributed by atoms with van der Waals surface area (Å²) in [5.41, 5.74) is 9.90. The van der Waals surface area contributed by atoms with Crippen molar-refractivity contribution < 1.29 is 51.3 Å². The minimum Gasteiger partial charge on any atom is -0.492 e. The van der Waals surface area contributed by atoms with Crippen molar-refractivity contribution in [1.82, 2.24) is 15.3 Å². The molecular weight excluding hydrogens is 860 g/mol. The van der Waals surface area contributed by atoms with E-state index in [0.29, 0.717) is 42.1 Å². The Morgan fingerprint density at radius 1 is 0.672 bits per heavy atom. The maximum Gasteiger partial charge on any atom is 0.407 e. The molecule has 6 N–H and O–H groups in total. The zero-order chi connectivity index (χ0) is 44.0. The monoisotopic (exact) mass is 904 g/mol. The molecule has 0 aliphatic carbocycles. The largest absolute Gasteiger partial charge is 0.492 e. The molecule has 4 heterocycles. The fourth-order valence-electron chi connectivity index (χ4n) is 6.23. The molecule has 2 unspecified atom stereocenters. The average Bonchev–Trinajstić information content (AvgIpc) is 3.29. The van der Waals surface area contributed by atoms with Crippen LogP contribution in [0.15, 0.2) is 122 Å². The van der Waals surface area contributed by atoms with E-state index >= 15 is 0 Å². The second-order valence-electron chi connectivity index (χ2n) is 13.6. The summed E-state index contributed by atoms with van der Waals surface area (Å²) in [4.78, 5) is 45.1. The van der Waals surface area contributed by atoms with E-state index in [1.54, 1.807) is 79.4 Å². The lowest BCUT2D eigenvalue weighted by Crippen LogP contribution is -2.33. The zero-order valence-corrected chi connectivity index (χ0v) is 34.0. The lowest BCUT2D eigenvalue weighted by Gasteiger charge is -2.27. The quantitative estimate of drug-likeness (QED) is 0.0923. The van der Waals surface area contributed by atoms with Gasteiger partial charge in [0, 0.05) is 78.3 Å². The molecule has 0 fully saturated rings. The van der Waals surface area contributed by atoms with Crippen molar-refractivity contribution in [2.24, 2.45) is 5.73 Å². The predicted octanol–water partition coefficient (Wildman–Crippen LogP) is 8.99. The molecule has 18 heteroatoms. The predicted molar refractivity (Wildman–Crippen MR) is 233 cm³/mol. The number of pyridine rings is 2. The Bertz CT molecular complexity index is 2510. The number of carbonyl (C=O) groups is 3. The van der Waals surface area contributed by atoms with Gasteiger partial charge in [-0.05, 0) is 71.8 Å². The molecule has 0 radical (unpaired) electrons. The van der Waals surface area contributed by atoms with Gasteiger partial charge in [-0.3, -0.25) is 19.6 Å². The van der Waals surface area contributed by atoms with Gasteiger partial charge in [-0.15, -0.1) is 12.4 Å². The highest BCUT2D eigenvalue weighted by Gasteiger charge is 2.28. The minimum atomic E-state index is -1.07. The normalized spacial score (nSPS) is 14.2. The number of ether oxygens (including phenoxy) is 3. The molecule has 0 spiro atoms. The fourth-order valence-corrected chi connectivity index (χ4v) is 6.23. The Balaban J connectivity index is 0.000000242. The minimum absolute atomic E-state index is 0. The van der Waals surface area contributed by atoms with E-state index in [-0.39, 0.29) is 62.6 Å². The van der Waals surface area contributed by atoms with Gasteiger partial charge in [-0.1, -0.05) is 31.7 Å². The van der Waals surface area contributed by atoms with Crippen LogP contribution in [0.2, 0.25) is 0 Å². The van der Waals surface area contributed by atoms with Crippen LogP contribution in [0.3, 0.4) is 0 Å². The number of nitrogens with one attached hydrogen (secondary N) is 3. The van der Waals surface area contributed by atoms with Gasteiger partial charge in [0.25, 0.3) is 11.8 Å². The summed E-state index contributed by atoms with van der Waals surface area (Å²) in [6.45, 7) is 0.908. The van der Waals surface area contributed by atoms with E-state index in [2.05, 4.69) is 25.9 Å². The molecule has 13 nitrogen and oxygen atoms in total. The van der Waals surface area contributed by atoms with Gasteiger partial charge in [0.2, 0.25) is 0 Å². The maximum atomic E-state index is 13.4. The molecule has 6 aromatic rings. The van der Waals surface area contributed by atoms with E-state index < -0.39 is 47.2 Å². The molecule has 0 saturated heterocycles. The molecule has 64 heavy (non-hydrogen) atoms. The third-order valence-corrected chi connectivity index (χ3v) is 9.38. The summed E-state index contributed by atoms with van der Waals surface area (Å²) in [5, 5.41) is 16.4. The van der Waals surface area contributed by atoms with Crippen LogP contribution in [0, 0.1) is 23.3 Å². The number of benzene rings is 4. The number of hydrogen-bond acceptors (Lipinski definition) is 10. The number of nitrogens with two attached hydrogens (primary N) is 1. The van der Waals surface area contributed by atoms with Crippen LogP contribution >= 0.6 is 12.4 Å². The molecule has 4 aromatic carbocycles. The number of alkyl carbamates (subject to hydrolysis) is 1. The molecular formula is C46H45ClF4N6O7. The highest BCUT2D eigenvalue weighted by molar-refractivity contribution is 6.07. The summed E-state index contributed by atoms with van der Waals surface area (Å²) in [6.07, 6.45) is 7.11. The molecule has 2 aliphatic rings. The van der Waals surface area contributed by atoms with Crippen molar-refractivity contribution in [2.75, 3.05) is 23.8 Å². The summed E-state index contributed by atoms with van der Waals surface area (Å²) in [5.74, 6) is -4.31. The van der Waals surface area contributed by atoms with Gasteiger partial charge in [-0.25, -0.2) is 22.4 Å². The Morgan fingerprint density at radius 3 is 1.66 bits per heavy atom. The third-order valence-electron chi connectivity index (χ3n) is 9.38. The van der Waals surface area contributed by atoms with Crippen LogP contribution in [-0.4, -0.2) is 46.2 Å². The number of aliphatic hydroxyl groups excluding tert-OH is 1. The lowest BCUT2D eigenvalue weighted by molar-refractivity contribution is 0.101.